The summed E-state index contributed by atoms with van der Waals surface area (Å²) in [4.78, 5) is 23.6. The first-order valence-corrected chi connectivity index (χ1v) is 8.49. The molecule has 0 unspecified atom stereocenters. The van der Waals surface area contributed by atoms with Gasteiger partial charge >= 0.3 is 5.97 Å². The SMILES string of the molecule is CCCCOC(=O)c1ccc(OCC(=O)NCc2ccc(F)cc2)cc1. The molecule has 2 aromatic rings. The highest BCUT2D eigenvalue weighted by Crippen LogP contribution is 2.13. The van der Waals surface area contributed by atoms with Gasteiger partial charge in [0, 0.05) is 6.54 Å². The minimum Gasteiger partial charge on any atom is -0.484 e. The van der Waals surface area contributed by atoms with Gasteiger partial charge in [-0.05, 0) is 48.4 Å². The molecule has 0 heterocycles. The Bertz CT molecular complexity index is 714. The van der Waals surface area contributed by atoms with Gasteiger partial charge in [0.1, 0.15) is 11.6 Å². The summed E-state index contributed by atoms with van der Waals surface area (Å²) >= 11 is 0. The van der Waals surface area contributed by atoms with Crippen LogP contribution in [0.1, 0.15) is 35.7 Å². The van der Waals surface area contributed by atoms with E-state index in [4.69, 9.17) is 9.47 Å². The second kappa shape index (κ2) is 10.2. The van der Waals surface area contributed by atoms with Gasteiger partial charge in [-0.1, -0.05) is 25.5 Å². The maximum absolute atomic E-state index is 12.8. The predicted molar refractivity (Wildman–Crippen MR) is 95.4 cm³/mol. The molecule has 5 nitrogen and oxygen atoms in total. The third-order valence-electron chi connectivity index (χ3n) is 3.59. The topological polar surface area (TPSA) is 64.6 Å². The zero-order chi connectivity index (χ0) is 18.8. The van der Waals surface area contributed by atoms with Gasteiger partial charge in [0.05, 0.1) is 12.2 Å². The van der Waals surface area contributed by atoms with Crippen molar-refractivity contribution < 1.29 is 23.5 Å². The number of ether oxygens (including phenoxy) is 2. The van der Waals surface area contributed by atoms with Gasteiger partial charge in [0.15, 0.2) is 6.61 Å². The first-order valence-electron chi connectivity index (χ1n) is 8.49. The van der Waals surface area contributed by atoms with Gasteiger partial charge in [-0.3, -0.25) is 4.79 Å². The molecule has 1 N–H and O–H groups in total. The highest BCUT2D eigenvalue weighted by Gasteiger charge is 2.08. The van der Waals surface area contributed by atoms with Crippen molar-refractivity contribution in [3.05, 3.63) is 65.5 Å². The second-order valence-corrected chi connectivity index (χ2v) is 5.71. The lowest BCUT2D eigenvalue weighted by Crippen LogP contribution is -2.28. The van der Waals surface area contributed by atoms with E-state index in [9.17, 15) is 14.0 Å². The van der Waals surface area contributed by atoms with E-state index >= 15 is 0 Å². The maximum Gasteiger partial charge on any atom is 0.338 e. The lowest BCUT2D eigenvalue weighted by molar-refractivity contribution is -0.123. The van der Waals surface area contributed by atoms with Crippen LogP contribution in [0.4, 0.5) is 4.39 Å². The van der Waals surface area contributed by atoms with Crippen LogP contribution in [0.3, 0.4) is 0 Å². The van der Waals surface area contributed by atoms with E-state index in [0.29, 0.717) is 24.5 Å². The molecule has 0 atom stereocenters. The molecule has 0 aliphatic rings. The standard InChI is InChI=1S/C20H22FNO4/c1-2-3-12-25-20(24)16-6-10-18(11-7-16)26-14-19(23)22-13-15-4-8-17(21)9-5-15/h4-11H,2-3,12-14H2,1H3,(H,22,23). The number of esters is 1. The van der Waals surface area contributed by atoms with Crippen molar-refractivity contribution in [2.45, 2.75) is 26.3 Å². The van der Waals surface area contributed by atoms with E-state index < -0.39 is 0 Å². The summed E-state index contributed by atoms with van der Waals surface area (Å²) in [6.07, 6.45) is 1.79. The predicted octanol–water partition coefficient (Wildman–Crippen LogP) is 3.48. The van der Waals surface area contributed by atoms with E-state index in [0.717, 1.165) is 18.4 Å². The molecule has 0 radical (unpaired) electrons. The van der Waals surface area contributed by atoms with Crippen molar-refractivity contribution in [1.82, 2.24) is 5.32 Å². The van der Waals surface area contributed by atoms with Gasteiger partial charge < -0.3 is 14.8 Å². The summed E-state index contributed by atoms with van der Waals surface area (Å²) in [7, 11) is 0. The molecular formula is C20H22FNO4. The van der Waals surface area contributed by atoms with E-state index in [1.165, 1.54) is 12.1 Å². The van der Waals surface area contributed by atoms with Crippen LogP contribution in [0.25, 0.3) is 0 Å². The Morgan fingerprint density at radius 3 is 2.38 bits per heavy atom. The molecule has 0 saturated carbocycles. The summed E-state index contributed by atoms with van der Waals surface area (Å²) in [6.45, 7) is 2.57. The van der Waals surface area contributed by atoms with Gasteiger partial charge in [-0.25, -0.2) is 9.18 Å². The Balaban J connectivity index is 1.73. The van der Waals surface area contributed by atoms with E-state index in [1.54, 1.807) is 36.4 Å². The van der Waals surface area contributed by atoms with Crippen LogP contribution < -0.4 is 10.1 Å². The normalized spacial score (nSPS) is 10.2. The summed E-state index contributed by atoms with van der Waals surface area (Å²) in [6, 6.07) is 12.3. The summed E-state index contributed by atoms with van der Waals surface area (Å²) in [5, 5.41) is 2.69. The van der Waals surface area contributed by atoms with Crippen LogP contribution in [0.15, 0.2) is 48.5 Å². The van der Waals surface area contributed by atoms with Crippen LogP contribution in [0.2, 0.25) is 0 Å². The molecule has 0 aromatic heterocycles. The fourth-order valence-corrected chi connectivity index (χ4v) is 2.08. The summed E-state index contributed by atoms with van der Waals surface area (Å²) in [5.74, 6) is -0.507. The third-order valence-corrected chi connectivity index (χ3v) is 3.59. The Labute approximate surface area is 152 Å². The molecule has 1 amide bonds. The fraction of sp³-hybridized carbons (Fsp3) is 0.300. The Kier molecular flexibility index (Phi) is 7.61. The van der Waals surface area contributed by atoms with Crippen molar-refractivity contribution in [2.75, 3.05) is 13.2 Å². The number of halogens is 1. The smallest absolute Gasteiger partial charge is 0.338 e. The van der Waals surface area contributed by atoms with Crippen molar-refractivity contribution in [1.29, 1.82) is 0 Å². The number of unbranched alkanes of at least 4 members (excludes halogenated alkanes) is 1. The molecule has 0 fully saturated rings. The van der Waals surface area contributed by atoms with Crippen LogP contribution in [-0.4, -0.2) is 25.1 Å². The molecule has 0 spiro atoms. The number of nitrogens with one attached hydrogen (secondary N) is 1. The summed E-state index contributed by atoms with van der Waals surface area (Å²) in [5.41, 5.74) is 1.24. The Hall–Kier alpha value is -2.89. The molecule has 138 valence electrons. The van der Waals surface area contributed by atoms with Crippen LogP contribution in [0, 0.1) is 5.82 Å². The highest BCUT2D eigenvalue weighted by atomic mass is 19.1. The number of hydrogen-bond donors (Lipinski definition) is 1. The van der Waals surface area contributed by atoms with E-state index in [2.05, 4.69) is 5.32 Å². The molecule has 2 aromatic carbocycles. The maximum atomic E-state index is 12.8. The molecule has 0 aliphatic carbocycles. The van der Waals surface area contributed by atoms with Crippen LogP contribution in [0.5, 0.6) is 5.75 Å². The van der Waals surface area contributed by atoms with E-state index in [1.807, 2.05) is 6.92 Å². The Morgan fingerprint density at radius 1 is 1.04 bits per heavy atom. The van der Waals surface area contributed by atoms with Gasteiger partial charge in [-0.15, -0.1) is 0 Å². The minimum absolute atomic E-state index is 0.151. The zero-order valence-electron chi connectivity index (χ0n) is 14.7. The van der Waals surface area contributed by atoms with Gasteiger partial charge in [0.2, 0.25) is 0 Å². The number of hydrogen-bond acceptors (Lipinski definition) is 4. The first-order chi connectivity index (χ1) is 12.6. The number of amides is 1. The summed E-state index contributed by atoms with van der Waals surface area (Å²) < 4.78 is 23.3. The van der Waals surface area contributed by atoms with Crippen molar-refractivity contribution in [3.8, 4) is 5.75 Å². The van der Waals surface area contributed by atoms with Crippen molar-refractivity contribution in [2.24, 2.45) is 0 Å². The number of benzene rings is 2. The van der Waals surface area contributed by atoms with Crippen molar-refractivity contribution in [3.63, 3.8) is 0 Å². The zero-order valence-corrected chi connectivity index (χ0v) is 14.7. The van der Waals surface area contributed by atoms with Crippen LogP contribution >= 0.6 is 0 Å². The number of carbonyl (C=O) groups is 2. The average Bonchev–Trinajstić information content (AvgIpc) is 2.66. The number of rotatable bonds is 9. The lowest BCUT2D eigenvalue weighted by Gasteiger charge is -2.08. The monoisotopic (exact) mass is 359 g/mol. The molecule has 6 heteroatoms. The molecule has 2 rings (SSSR count). The van der Waals surface area contributed by atoms with Crippen molar-refractivity contribution >= 4 is 11.9 Å². The number of carbonyl (C=O) groups excluding carboxylic acids is 2. The quantitative estimate of drug-likeness (QED) is 0.550. The average molecular weight is 359 g/mol. The fourth-order valence-electron chi connectivity index (χ4n) is 2.08. The molecule has 0 saturated heterocycles. The minimum atomic E-state index is -0.373. The second-order valence-electron chi connectivity index (χ2n) is 5.71. The molecule has 0 bridgehead atoms. The molecule has 0 aliphatic heterocycles. The third kappa shape index (κ3) is 6.55. The lowest BCUT2D eigenvalue weighted by atomic mass is 10.2. The van der Waals surface area contributed by atoms with E-state index in [-0.39, 0.29) is 24.3 Å². The van der Waals surface area contributed by atoms with Crippen LogP contribution in [-0.2, 0) is 16.1 Å². The van der Waals surface area contributed by atoms with Gasteiger partial charge in [0.25, 0.3) is 5.91 Å². The highest BCUT2D eigenvalue weighted by molar-refractivity contribution is 5.89. The molecule has 26 heavy (non-hydrogen) atoms. The van der Waals surface area contributed by atoms with Gasteiger partial charge in [-0.2, -0.15) is 0 Å². The Morgan fingerprint density at radius 2 is 1.73 bits per heavy atom. The largest absolute Gasteiger partial charge is 0.484 e. The molecular weight excluding hydrogens is 337 g/mol. The first kappa shape index (κ1) is 19.4.